The van der Waals surface area contributed by atoms with Crippen molar-refractivity contribution in [3.05, 3.63) is 42.7 Å². The maximum Gasteiger partial charge on any atom is 0.334 e. The number of aromatic nitrogens is 2. The van der Waals surface area contributed by atoms with Gasteiger partial charge in [0, 0.05) is 12.4 Å². The van der Waals surface area contributed by atoms with Crippen LogP contribution in [-0.2, 0) is 15.0 Å². The van der Waals surface area contributed by atoms with Crippen molar-refractivity contribution in [1.82, 2.24) is 9.78 Å². The zero-order valence-electron chi connectivity index (χ0n) is 10.5. The average molecular weight is 297 g/mol. The summed E-state index contributed by atoms with van der Waals surface area (Å²) in [5.74, 6) is -0.496. The number of para-hydroxylation sites is 1. The summed E-state index contributed by atoms with van der Waals surface area (Å²) in [5.41, 5.74) is -0.0981. The van der Waals surface area contributed by atoms with Gasteiger partial charge in [-0.25, -0.2) is 0 Å². The lowest BCUT2D eigenvalue weighted by Gasteiger charge is -2.13. The lowest BCUT2D eigenvalue weighted by Crippen LogP contribution is -2.24. The van der Waals surface area contributed by atoms with Gasteiger partial charge in [0.25, 0.3) is 0 Å². The van der Waals surface area contributed by atoms with Gasteiger partial charge >= 0.3 is 10.2 Å². The lowest BCUT2D eigenvalue weighted by molar-refractivity contribution is -0.119. The Morgan fingerprint density at radius 3 is 2.65 bits per heavy atom. The first-order chi connectivity index (χ1) is 9.39. The maximum absolute atomic E-state index is 13.1. The van der Waals surface area contributed by atoms with Crippen LogP contribution in [0.2, 0.25) is 0 Å². The standard InChI is InChI=1S/C12H12FN3O3S/c1-9(16-8-4-7-14-16)12(17)15-10-5-2-3-6-11(10)20(13,18)19/h2-9H,1H3,(H,15,17). The topological polar surface area (TPSA) is 81.1 Å². The van der Waals surface area contributed by atoms with Gasteiger partial charge in [-0.2, -0.15) is 13.5 Å². The molecule has 20 heavy (non-hydrogen) atoms. The molecule has 8 heteroatoms. The highest BCUT2D eigenvalue weighted by molar-refractivity contribution is 7.86. The largest absolute Gasteiger partial charge is 0.334 e. The van der Waals surface area contributed by atoms with Crippen LogP contribution in [0.1, 0.15) is 13.0 Å². The van der Waals surface area contributed by atoms with E-state index in [4.69, 9.17) is 0 Å². The normalized spacial score (nSPS) is 12.9. The summed E-state index contributed by atoms with van der Waals surface area (Å²) in [6, 6.07) is 6.29. The van der Waals surface area contributed by atoms with E-state index in [9.17, 15) is 17.1 Å². The number of benzene rings is 1. The fourth-order valence-corrected chi connectivity index (χ4v) is 2.27. The summed E-state index contributed by atoms with van der Waals surface area (Å²) >= 11 is 0. The number of anilines is 1. The third kappa shape index (κ3) is 3.02. The number of nitrogens with one attached hydrogen (secondary N) is 1. The first kappa shape index (κ1) is 14.2. The van der Waals surface area contributed by atoms with E-state index in [1.807, 2.05) is 0 Å². The predicted molar refractivity (Wildman–Crippen MR) is 70.3 cm³/mol. The van der Waals surface area contributed by atoms with E-state index in [0.717, 1.165) is 6.07 Å². The van der Waals surface area contributed by atoms with Crippen LogP contribution in [0.15, 0.2) is 47.6 Å². The minimum absolute atomic E-state index is 0.0981. The number of hydrogen-bond acceptors (Lipinski definition) is 4. The van der Waals surface area contributed by atoms with Crippen molar-refractivity contribution < 1.29 is 17.1 Å². The van der Waals surface area contributed by atoms with Gasteiger partial charge in [0.05, 0.1) is 5.69 Å². The lowest BCUT2D eigenvalue weighted by atomic mass is 10.2. The second-order valence-electron chi connectivity index (χ2n) is 4.09. The quantitative estimate of drug-likeness (QED) is 0.872. The van der Waals surface area contributed by atoms with Crippen LogP contribution in [0.4, 0.5) is 9.57 Å². The Kier molecular flexibility index (Phi) is 3.84. The molecule has 6 nitrogen and oxygen atoms in total. The monoisotopic (exact) mass is 297 g/mol. The third-order valence-electron chi connectivity index (χ3n) is 2.71. The molecule has 1 N–H and O–H groups in total. The van der Waals surface area contributed by atoms with Gasteiger partial charge in [0.1, 0.15) is 10.9 Å². The molecular formula is C12H12FN3O3S. The van der Waals surface area contributed by atoms with Gasteiger partial charge in [-0.05, 0) is 25.1 Å². The molecule has 1 aromatic carbocycles. The van der Waals surface area contributed by atoms with Gasteiger partial charge in [0.15, 0.2) is 0 Å². The Morgan fingerprint density at radius 1 is 1.35 bits per heavy atom. The van der Waals surface area contributed by atoms with E-state index in [0.29, 0.717) is 0 Å². The van der Waals surface area contributed by atoms with Crippen LogP contribution in [0, 0.1) is 0 Å². The van der Waals surface area contributed by atoms with Gasteiger partial charge in [-0.1, -0.05) is 12.1 Å². The molecule has 1 heterocycles. The molecule has 106 valence electrons. The van der Waals surface area contributed by atoms with Crippen molar-refractivity contribution in [3.8, 4) is 0 Å². The molecular weight excluding hydrogens is 285 g/mol. The molecule has 1 amide bonds. The summed E-state index contributed by atoms with van der Waals surface area (Å²) in [6.45, 7) is 1.59. The molecule has 0 radical (unpaired) electrons. The number of rotatable bonds is 4. The van der Waals surface area contributed by atoms with Crippen molar-refractivity contribution in [1.29, 1.82) is 0 Å². The molecule has 0 bridgehead atoms. The second kappa shape index (κ2) is 5.41. The Balaban J connectivity index is 2.25. The predicted octanol–water partition coefficient (Wildman–Crippen LogP) is 1.74. The van der Waals surface area contributed by atoms with Gasteiger partial charge in [-0.15, -0.1) is 3.89 Å². The average Bonchev–Trinajstić information content (AvgIpc) is 2.91. The number of carbonyl (C=O) groups excluding carboxylic acids is 1. The van der Waals surface area contributed by atoms with Crippen LogP contribution < -0.4 is 5.32 Å². The van der Waals surface area contributed by atoms with Crippen molar-refractivity contribution in [2.24, 2.45) is 0 Å². The molecule has 2 aromatic rings. The second-order valence-corrected chi connectivity index (χ2v) is 5.40. The maximum atomic E-state index is 13.1. The summed E-state index contributed by atoms with van der Waals surface area (Å²) in [5, 5.41) is 6.30. The Labute approximate surface area is 115 Å². The molecule has 0 saturated heterocycles. The van der Waals surface area contributed by atoms with Gasteiger partial charge < -0.3 is 5.32 Å². The molecule has 0 spiro atoms. The molecule has 0 aliphatic carbocycles. The van der Waals surface area contributed by atoms with Crippen LogP contribution in [0.5, 0.6) is 0 Å². The Morgan fingerprint density at radius 2 is 2.05 bits per heavy atom. The van der Waals surface area contributed by atoms with Crippen molar-refractivity contribution in [2.45, 2.75) is 17.9 Å². The third-order valence-corrected chi connectivity index (χ3v) is 3.59. The zero-order valence-corrected chi connectivity index (χ0v) is 11.3. The fraction of sp³-hybridized carbons (Fsp3) is 0.167. The van der Waals surface area contributed by atoms with Crippen LogP contribution in [-0.4, -0.2) is 24.1 Å². The summed E-state index contributed by atoms with van der Waals surface area (Å²) in [4.78, 5) is 11.4. The molecule has 1 atom stereocenters. The number of amides is 1. The molecule has 1 unspecified atom stereocenters. The summed E-state index contributed by atoms with van der Waals surface area (Å²) in [7, 11) is -4.90. The molecule has 0 aliphatic heterocycles. The van der Waals surface area contributed by atoms with E-state index in [1.165, 1.54) is 29.1 Å². The van der Waals surface area contributed by atoms with Crippen LogP contribution in [0.3, 0.4) is 0 Å². The van der Waals surface area contributed by atoms with Crippen LogP contribution >= 0.6 is 0 Å². The SMILES string of the molecule is CC(C(=O)Nc1ccccc1S(=O)(=O)F)n1cccn1. The molecule has 2 rings (SSSR count). The zero-order chi connectivity index (χ0) is 14.8. The minimum Gasteiger partial charge on any atom is -0.323 e. The van der Waals surface area contributed by atoms with Crippen molar-refractivity contribution in [3.63, 3.8) is 0 Å². The Bertz CT molecular complexity index is 713. The molecule has 0 saturated carbocycles. The minimum atomic E-state index is -4.90. The van der Waals surface area contributed by atoms with E-state index in [1.54, 1.807) is 19.2 Å². The van der Waals surface area contributed by atoms with Crippen molar-refractivity contribution in [2.75, 3.05) is 5.32 Å². The van der Waals surface area contributed by atoms with E-state index in [-0.39, 0.29) is 5.69 Å². The fourth-order valence-electron chi connectivity index (χ4n) is 1.65. The van der Waals surface area contributed by atoms with Gasteiger partial charge in [-0.3, -0.25) is 9.48 Å². The molecule has 0 fully saturated rings. The number of halogens is 1. The highest BCUT2D eigenvalue weighted by atomic mass is 32.3. The molecule has 1 aromatic heterocycles. The highest BCUT2D eigenvalue weighted by Gasteiger charge is 2.21. The summed E-state index contributed by atoms with van der Waals surface area (Å²) in [6.07, 6.45) is 3.12. The van der Waals surface area contributed by atoms with Crippen LogP contribution in [0.25, 0.3) is 0 Å². The number of carbonyl (C=O) groups is 1. The van der Waals surface area contributed by atoms with E-state index < -0.39 is 27.1 Å². The first-order valence-electron chi connectivity index (χ1n) is 5.73. The van der Waals surface area contributed by atoms with E-state index in [2.05, 4.69) is 10.4 Å². The summed E-state index contributed by atoms with van der Waals surface area (Å²) < 4.78 is 36.5. The molecule has 0 aliphatic rings. The van der Waals surface area contributed by atoms with E-state index >= 15 is 0 Å². The smallest absolute Gasteiger partial charge is 0.323 e. The van der Waals surface area contributed by atoms with Gasteiger partial charge in [0.2, 0.25) is 5.91 Å². The highest BCUT2D eigenvalue weighted by Crippen LogP contribution is 2.23. The number of hydrogen-bond donors (Lipinski definition) is 1. The Hall–Kier alpha value is -2.22. The first-order valence-corrected chi connectivity index (χ1v) is 7.11. The van der Waals surface area contributed by atoms with Crippen molar-refractivity contribution >= 4 is 21.8 Å². The number of nitrogens with zero attached hydrogens (tertiary/aromatic N) is 2.